The molecular formula is C37H52F10O3. The van der Waals surface area contributed by atoms with E-state index in [1.807, 2.05) is 13.0 Å². The zero-order chi connectivity index (χ0) is 38.1. The van der Waals surface area contributed by atoms with E-state index in [0.717, 1.165) is 63.2 Å². The van der Waals surface area contributed by atoms with Crippen LogP contribution in [0.1, 0.15) is 133 Å². The number of carbonyl (C=O) groups is 1. The summed E-state index contributed by atoms with van der Waals surface area (Å²) >= 11 is 0. The molecule has 2 N–H and O–H groups in total. The molecule has 1 aromatic carbocycles. The fourth-order valence-corrected chi connectivity index (χ4v) is 8.02. The molecule has 3 aliphatic rings. The minimum absolute atomic E-state index is 0.0919. The molecule has 13 heteroatoms. The first-order valence-corrected chi connectivity index (χ1v) is 17.5. The van der Waals surface area contributed by atoms with Crippen LogP contribution in [-0.2, 0) is 4.79 Å². The molecule has 4 rings (SSSR count). The summed E-state index contributed by atoms with van der Waals surface area (Å²) in [5.74, 6) is -18.5. The molecule has 6 unspecified atom stereocenters. The highest BCUT2D eigenvalue weighted by Crippen LogP contribution is 2.64. The predicted octanol–water partition coefficient (Wildman–Crippen LogP) is 12.1. The van der Waals surface area contributed by atoms with Gasteiger partial charge in [-0.3, -0.25) is 0 Å². The van der Waals surface area contributed by atoms with Crippen LogP contribution in [0.2, 0.25) is 0 Å². The van der Waals surface area contributed by atoms with Gasteiger partial charge in [0.1, 0.15) is 18.2 Å². The van der Waals surface area contributed by atoms with Crippen molar-refractivity contribution in [2.45, 2.75) is 146 Å². The molecule has 2 fully saturated rings. The molecule has 2 saturated carbocycles. The summed E-state index contributed by atoms with van der Waals surface area (Å²) in [4.78, 5) is 10.9. The minimum atomic E-state index is -6.88. The van der Waals surface area contributed by atoms with Crippen LogP contribution in [0.3, 0.4) is 0 Å². The van der Waals surface area contributed by atoms with Crippen molar-refractivity contribution < 1.29 is 58.9 Å². The van der Waals surface area contributed by atoms with Crippen LogP contribution >= 0.6 is 0 Å². The van der Waals surface area contributed by atoms with Gasteiger partial charge in [0.05, 0.1) is 0 Å². The van der Waals surface area contributed by atoms with Crippen LogP contribution < -0.4 is 0 Å². The number of carbonyl (C=O) groups excluding carboxylic acids is 1. The third-order valence-electron chi connectivity index (χ3n) is 11.1. The van der Waals surface area contributed by atoms with E-state index in [1.54, 1.807) is 12.1 Å². The number of hydrogen-bond donors (Lipinski definition) is 2. The van der Waals surface area contributed by atoms with E-state index in [4.69, 9.17) is 5.11 Å². The molecule has 0 spiro atoms. The van der Waals surface area contributed by atoms with Gasteiger partial charge in [-0.2, -0.15) is 39.5 Å². The lowest BCUT2D eigenvalue weighted by Gasteiger charge is -2.50. The number of allylic oxidation sites excluding steroid dienone is 1. The van der Waals surface area contributed by atoms with E-state index in [1.165, 1.54) is 18.4 Å². The molecule has 288 valence electrons. The summed E-state index contributed by atoms with van der Waals surface area (Å²) in [6, 6.07) is 5.31. The van der Waals surface area contributed by atoms with Crippen LogP contribution in [0, 0.1) is 23.2 Å². The number of aliphatic hydroxyl groups excluding tert-OH is 1. The molecule has 50 heavy (non-hydrogen) atoms. The zero-order valence-corrected chi connectivity index (χ0v) is 29.1. The number of phenols is 1. The van der Waals surface area contributed by atoms with Crippen LogP contribution in [0.15, 0.2) is 30.4 Å². The Morgan fingerprint density at radius 3 is 2.08 bits per heavy atom. The number of phenolic OH excluding ortho intramolecular Hbond substituents is 1. The lowest BCUT2D eigenvalue weighted by atomic mass is 9.55. The fraction of sp³-hybridized carbons (Fsp3) is 0.757. The third kappa shape index (κ3) is 9.56. The maximum absolute atomic E-state index is 14.7. The fourth-order valence-electron chi connectivity index (χ4n) is 8.02. The standard InChI is InChI=1S/C19H23FO.C17H25F9O.CH4O/c1-11-3-6-17-15-10-18(20)16-9-12(21)4-5-13(16)14(15)7-8-19(11,17)2;1-2-3-4-5-6-7-8-9-13(12-27)10-11-14(18,19)15(20,21)16(22,23)17(24,25)26;1-2/h4-5,9,14-15,17-18,21H,1,3,6-8,10H2,2H3;12-13H,2-11H2,1H3;2H,1H3. The van der Waals surface area contributed by atoms with Gasteiger partial charge in [0.25, 0.3) is 0 Å². The van der Waals surface area contributed by atoms with Gasteiger partial charge < -0.3 is 15.0 Å². The molecule has 0 bridgehead atoms. The van der Waals surface area contributed by atoms with Crippen molar-refractivity contribution in [1.82, 2.24) is 0 Å². The monoisotopic (exact) mass is 734 g/mol. The second-order valence-corrected chi connectivity index (χ2v) is 14.2. The number of aldehydes is 1. The van der Waals surface area contributed by atoms with Crippen molar-refractivity contribution >= 4 is 6.29 Å². The lowest BCUT2D eigenvalue weighted by Crippen LogP contribution is -2.60. The van der Waals surface area contributed by atoms with Gasteiger partial charge in [0.15, 0.2) is 0 Å². The summed E-state index contributed by atoms with van der Waals surface area (Å²) in [5, 5.41) is 16.6. The Hall–Kier alpha value is -2.31. The van der Waals surface area contributed by atoms with Crippen LogP contribution in [-0.4, -0.2) is 47.6 Å². The molecule has 0 aliphatic heterocycles. The average molecular weight is 735 g/mol. The molecule has 0 aromatic heterocycles. The number of aliphatic hydroxyl groups is 1. The van der Waals surface area contributed by atoms with Crippen LogP contribution in [0.4, 0.5) is 43.9 Å². The Balaban J connectivity index is 0.000000336. The third-order valence-corrected chi connectivity index (χ3v) is 11.1. The van der Waals surface area contributed by atoms with Gasteiger partial charge in [-0.15, -0.1) is 0 Å². The van der Waals surface area contributed by atoms with E-state index in [2.05, 4.69) is 13.5 Å². The highest BCUT2D eigenvalue weighted by atomic mass is 19.4. The predicted molar refractivity (Wildman–Crippen MR) is 172 cm³/mol. The first-order chi connectivity index (χ1) is 23.2. The molecule has 0 saturated heterocycles. The number of unbranched alkanes of at least 4 members (excludes halogenated alkanes) is 6. The summed E-state index contributed by atoms with van der Waals surface area (Å²) in [6.45, 7) is 8.69. The highest BCUT2D eigenvalue weighted by molar-refractivity contribution is 5.53. The summed E-state index contributed by atoms with van der Waals surface area (Å²) in [6.07, 6.45) is 1.07. The van der Waals surface area contributed by atoms with Crippen molar-refractivity contribution in [3.05, 3.63) is 41.5 Å². The first-order valence-electron chi connectivity index (χ1n) is 17.5. The Labute approximate surface area is 288 Å². The van der Waals surface area contributed by atoms with Crippen molar-refractivity contribution in [1.29, 1.82) is 0 Å². The zero-order valence-electron chi connectivity index (χ0n) is 29.1. The lowest BCUT2D eigenvalue weighted by molar-refractivity contribution is -0.396. The Kier molecular flexibility index (Phi) is 15.7. The molecule has 0 heterocycles. The Morgan fingerprint density at radius 1 is 0.900 bits per heavy atom. The summed E-state index contributed by atoms with van der Waals surface area (Å²) in [5.41, 5.74) is 3.50. The molecule has 3 aliphatic carbocycles. The van der Waals surface area contributed by atoms with E-state index >= 15 is 0 Å². The van der Waals surface area contributed by atoms with Crippen molar-refractivity contribution in [2.75, 3.05) is 7.11 Å². The van der Waals surface area contributed by atoms with Gasteiger partial charge >= 0.3 is 23.9 Å². The van der Waals surface area contributed by atoms with E-state index < -0.39 is 48.9 Å². The second-order valence-electron chi connectivity index (χ2n) is 14.2. The average Bonchev–Trinajstić information content (AvgIpc) is 3.36. The number of halogens is 10. The Morgan fingerprint density at radius 2 is 1.50 bits per heavy atom. The SMILES string of the molecule is C=C1CCC2C3CC(F)c4cc(O)ccc4C3CCC12C.CCCCCCCCCC(C=O)CCC(F)(F)C(F)(F)C(F)(F)C(F)(F)F.CO. The smallest absolute Gasteiger partial charge is 0.460 e. The van der Waals surface area contributed by atoms with Gasteiger partial charge in [-0.25, -0.2) is 4.39 Å². The minimum Gasteiger partial charge on any atom is -0.508 e. The summed E-state index contributed by atoms with van der Waals surface area (Å²) < 4.78 is 129. The number of benzene rings is 1. The second kappa shape index (κ2) is 17.9. The number of alkyl halides is 10. The van der Waals surface area contributed by atoms with Gasteiger partial charge in [-0.05, 0) is 91.4 Å². The van der Waals surface area contributed by atoms with Crippen molar-refractivity contribution in [2.24, 2.45) is 23.2 Å². The van der Waals surface area contributed by atoms with Gasteiger partial charge in [-0.1, -0.05) is 77.0 Å². The van der Waals surface area contributed by atoms with E-state index in [9.17, 15) is 53.8 Å². The maximum Gasteiger partial charge on any atom is 0.460 e. The maximum atomic E-state index is 14.7. The van der Waals surface area contributed by atoms with Gasteiger partial charge in [0, 0.05) is 19.4 Å². The highest BCUT2D eigenvalue weighted by Gasteiger charge is 2.81. The van der Waals surface area contributed by atoms with Crippen molar-refractivity contribution in [3.8, 4) is 5.75 Å². The Bertz CT molecular complexity index is 1230. The van der Waals surface area contributed by atoms with E-state index in [-0.39, 0.29) is 23.9 Å². The normalized spacial score (nSPS) is 25.6. The molecule has 0 amide bonds. The van der Waals surface area contributed by atoms with Crippen LogP contribution in [0.25, 0.3) is 0 Å². The first kappa shape index (κ1) is 43.9. The molecule has 0 radical (unpaired) electrons. The number of hydrogen-bond acceptors (Lipinski definition) is 3. The topological polar surface area (TPSA) is 57.5 Å². The summed E-state index contributed by atoms with van der Waals surface area (Å²) in [7, 11) is 1.00. The molecular weight excluding hydrogens is 682 g/mol. The largest absolute Gasteiger partial charge is 0.508 e. The molecule has 1 aromatic rings. The van der Waals surface area contributed by atoms with E-state index in [0.29, 0.717) is 37.0 Å². The quantitative estimate of drug-likeness (QED) is 0.0866. The van der Waals surface area contributed by atoms with Gasteiger partial charge in [0.2, 0.25) is 0 Å². The number of rotatable bonds is 14. The van der Waals surface area contributed by atoms with Crippen LogP contribution in [0.5, 0.6) is 5.75 Å². The number of fused-ring (bicyclic) bond motifs is 5. The molecule has 6 atom stereocenters. The molecule has 3 nitrogen and oxygen atoms in total. The van der Waals surface area contributed by atoms with Crippen molar-refractivity contribution in [3.63, 3.8) is 0 Å². The number of aromatic hydroxyl groups is 1.